The summed E-state index contributed by atoms with van der Waals surface area (Å²) >= 11 is 0. The largest absolute Gasteiger partial charge is 0.477 e. The number of aromatic nitrogens is 1. The molecule has 2 aromatic rings. The van der Waals surface area contributed by atoms with Crippen LogP contribution in [0.3, 0.4) is 0 Å². The third-order valence-electron chi connectivity index (χ3n) is 5.17. The molecule has 1 saturated heterocycles. The fourth-order valence-corrected chi connectivity index (χ4v) is 3.87. The molecule has 140 valence electrons. The molecule has 1 aromatic heterocycles. The lowest BCUT2D eigenvalue weighted by Gasteiger charge is -2.24. The lowest BCUT2D eigenvalue weighted by atomic mass is 10.0. The molecule has 1 saturated carbocycles. The predicted octanol–water partition coefficient (Wildman–Crippen LogP) is 2.44. The molecule has 3 N–H and O–H groups in total. The van der Waals surface area contributed by atoms with Crippen LogP contribution in [0.25, 0.3) is 10.9 Å². The van der Waals surface area contributed by atoms with E-state index in [2.05, 4.69) is 0 Å². The summed E-state index contributed by atoms with van der Waals surface area (Å²) in [6.45, 7) is 3.04. The van der Waals surface area contributed by atoms with E-state index in [1.807, 2.05) is 4.90 Å². The van der Waals surface area contributed by atoms with Crippen LogP contribution in [0, 0.1) is 12.7 Å². The van der Waals surface area contributed by atoms with E-state index in [1.54, 1.807) is 11.5 Å². The van der Waals surface area contributed by atoms with Gasteiger partial charge in [0.15, 0.2) is 0 Å². The van der Waals surface area contributed by atoms with E-state index in [1.165, 1.54) is 12.1 Å². The number of carbonyl (C=O) groups is 1. The van der Waals surface area contributed by atoms with Crippen molar-refractivity contribution in [2.24, 2.45) is 5.73 Å². The maximum atomic E-state index is 14.8. The lowest BCUT2D eigenvalue weighted by molar-refractivity contribution is 0.0694. The van der Waals surface area contributed by atoms with E-state index in [0.29, 0.717) is 35.2 Å². The highest BCUT2D eigenvalue weighted by Gasteiger charge is 2.31. The molecule has 4 rings (SSSR count). The number of nitrogens with two attached hydrogens (primary N) is 1. The van der Waals surface area contributed by atoms with Crippen LogP contribution < -0.4 is 16.2 Å². The molecule has 8 heteroatoms. The van der Waals surface area contributed by atoms with Crippen LogP contribution in [0.15, 0.2) is 16.9 Å². The van der Waals surface area contributed by atoms with Crippen molar-refractivity contribution in [1.29, 1.82) is 0 Å². The molecule has 0 radical (unpaired) electrons. The molecule has 0 amide bonds. The molecule has 2 heterocycles. The van der Waals surface area contributed by atoms with Crippen LogP contribution in [0.2, 0.25) is 0 Å². The Morgan fingerprint density at radius 1 is 1.31 bits per heavy atom. The van der Waals surface area contributed by atoms with E-state index in [4.69, 9.17) is 5.73 Å². The molecule has 2 fully saturated rings. The van der Waals surface area contributed by atoms with Crippen LogP contribution in [0.4, 0.5) is 10.1 Å². The minimum Gasteiger partial charge on any atom is -0.477 e. The van der Waals surface area contributed by atoms with E-state index in [9.17, 15) is 19.1 Å². The van der Waals surface area contributed by atoms with Crippen LogP contribution in [0.1, 0.15) is 41.2 Å². The standard InChI is InChI=1S/C18H20FN3O3.ClH/c1-9-15-10(7-14(19)16(9)21-5-4-11(20)8-21)6-13(18(24)25)17(23)22(15)12-2-3-12;/h6-7,11-12H,2-5,8,20H2,1H3,(H,24,25);1H. The number of hydrogen-bond acceptors (Lipinski definition) is 4. The van der Waals surface area contributed by atoms with Gasteiger partial charge in [0.1, 0.15) is 11.4 Å². The Morgan fingerprint density at radius 2 is 2.00 bits per heavy atom. The summed E-state index contributed by atoms with van der Waals surface area (Å²) in [5.41, 5.74) is 6.91. The molecular weight excluding hydrogens is 361 g/mol. The highest BCUT2D eigenvalue weighted by molar-refractivity contribution is 5.95. The van der Waals surface area contributed by atoms with Gasteiger partial charge in [0.05, 0.1) is 11.2 Å². The Balaban J connectivity index is 0.00000196. The van der Waals surface area contributed by atoms with Gasteiger partial charge in [-0.25, -0.2) is 9.18 Å². The minimum atomic E-state index is -1.28. The number of carboxylic acid groups (broad SMARTS) is 1. The number of rotatable bonds is 3. The molecule has 26 heavy (non-hydrogen) atoms. The second-order valence-corrected chi connectivity index (χ2v) is 7.03. The Kier molecular flexibility index (Phi) is 4.71. The Morgan fingerprint density at radius 3 is 2.54 bits per heavy atom. The van der Waals surface area contributed by atoms with Gasteiger partial charge in [-0.3, -0.25) is 4.79 Å². The van der Waals surface area contributed by atoms with E-state index in [0.717, 1.165) is 19.3 Å². The van der Waals surface area contributed by atoms with Gasteiger partial charge in [-0.1, -0.05) is 0 Å². The second-order valence-electron chi connectivity index (χ2n) is 7.03. The van der Waals surface area contributed by atoms with Crippen molar-refractivity contribution in [3.8, 4) is 0 Å². The molecule has 6 nitrogen and oxygen atoms in total. The Hall–Kier alpha value is -2.12. The molecule has 1 unspecified atom stereocenters. The number of halogens is 2. The first-order valence-electron chi connectivity index (χ1n) is 8.50. The summed E-state index contributed by atoms with van der Waals surface area (Å²) in [6, 6.07) is 2.63. The van der Waals surface area contributed by atoms with Crippen molar-refractivity contribution in [2.45, 2.75) is 38.3 Å². The van der Waals surface area contributed by atoms with Gasteiger partial charge in [0.2, 0.25) is 0 Å². The first kappa shape index (κ1) is 18.7. The van der Waals surface area contributed by atoms with Crippen molar-refractivity contribution in [1.82, 2.24) is 4.57 Å². The third kappa shape index (κ3) is 2.85. The number of pyridine rings is 1. The number of hydrogen-bond donors (Lipinski definition) is 2. The zero-order valence-corrected chi connectivity index (χ0v) is 15.2. The van der Waals surface area contributed by atoms with Gasteiger partial charge >= 0.3 is 5.97 Å². The van der Waals surface area contributed by atoms with Crippen LogP contribution in [-0.4, -0.2) is 34.8 Å². The molecule has 1 atom stereocenters. The summed E-state index contributed by atoms with van der Waals surface area (Å²) < 4.78 is 16.4. The predicted molar refractivity (Wildman–Crippen MR) is 100 cm³/mol. The maximum Gasteiger partial charge on any atom is 0.341 e. The van der Waals surface area contributed by atoms with Crippen molar-refractivity contribution < 1.29 is 14.3 Å². The number of aromatic carboxylic acids is 1. The number of benzene rings is 1. The number of nitrogens with zero attached hydrogens (tertiary/aromatic N) is 2. The van der Waals surface area contributed by atoms with Crippen molar-refractivity contribution >= 4 is 35.0 Å². The van der Waals surface area contributed by atoms with Crippen molar-refractivity contribution in [3.63, 3.8) is 0 Å². The average Bonchev–Trinajstić information content (AvgIpc) is 3.29. The SMILES string of the molecule is Cc1c(N2CCC(N)C2)c(F)cc2cc(C(=O)O)c(=O)n(C3CC3)c12.Cl. The molecule has 1 aliphatic heterocycles. The summed E-state index contributed by atoms with van der Waals surface area (Å²) in [7, 11) is 0. The highest BCUT2D eigenvalue weighted by Crippen LogP contribution is 2.39. The van der Waals surface area contributed by atoms with Gasteiger partial charge in [-0.05, 0) is 43.9 Å². The van der Waals surface area contributed by atoms with E-state index < -0.39 is 17.3 Å². The first-order valence-corrected chi connectivity index (χ1v) is 8.50. The fraction of sp³-hybridized carbons (Fsp3) is 0.444. The molecule has 0 bridgehead atoms. The fourth-order valence-electron chi connectivity index (χ4n) is 3.87. The molecule has 1 aliphatic carbocycles. The number of anilines is 1. The number of carboxylic acids is 1. The smallest absolute Gasteiger partial charge is 0.341 e. The lowest BCUT2D eigenvalue weighted by Crippen LogP contribution is -2.29. The summed E-state index contributed by atoms with van der Waals surface area (Å²) in [4.78, 5) is 26.0. The molecule has 1 aromatic carbocycles. The van der Waals surface area contributed by atoms with Gasteiger partial charge in [-0.2, -0.15) is 0 Å². The first-order chi connectivity index (χ1) is 11.9. The summed E-state index contributed by atoms with van der Waals surface area (Å²) in [5.74, 6) is -1.69. The Bertz CT molecular complexity index is 955. The van der Waals surface area contributed by atoms with Gasteiger partial charge in [0.25, 0.3) is 5.56 Å². The van der Waals surface area contributed by atoms with Crippen molar-refractivity contribution in [3.05, 3.63) is 39.4 Å². The number of aryl methyl sites for hydroxylation is 1. The maximum absolute atomic E-state index is 14.8. The third-order valence-corrected chi connectivity index (χ3v) is 5.17. The zero-order chi connectivity index (χ0) is 17.9. The van der Waals surface area contributed by atoms with E-state index >= 15 is 0 Å². The number of fused-ring (bicyclic) bond motifs is 1. The molecular formula is C18H21ClFN3O3. The van der Waals surface area contributed by atoms with Crippen LogP contribution in [0.5, 0.6) is 0 Å². The summed E-state index contributed by atoms with van der Waals surface area (Å²) in [6.07, 6.45) is 2.46. The van der Waals surface area contributed by atoms with Crippen LogP contribution >= 0.6 is 12.4 Å². The van der Waals surface area contributed by atoms with Gasteiger partial charge in [-0.15, -0.1) is 12.4 Å². The average molecular weight is 382 g/mol. The summed E-state index contributed by atoms with van der Waals surface area (Å²) in [5, 5.41) is 9.77. The monoisotopic (exact) mass is 381 g/mol. The normalized spacial score (nSPS) is 19.7. The van der Waals surface area contributed by atoms with Crippen LogP contribution in [-0.2, 0) is 0 Å². The minimum absolute atomic E-state index is 0. The quantitative estimate of drug-likeness (QED) is 0.852. The van der Waals surface area contributed by atoms with Crippen molar-refractivity contribution in [2.75, 3.05) is 18.0 Å². The molecule has 2 aliphatic rings. The highest BCUT2D eigenvalue weighted by atomic mass is 35.5. The zero-order valence-electron chi connectivity index (χ0n) is 14.4. The van der Waals surface area contributed by atoms with Gasteiger partial charge in [0, 0.05) is 30.6 Å². The van der Waals surface area contributed by atoms with Gasteiger partial charge < -0.3 is 20.3 Å². The second kappa shape index (κ2) is 6.55. The topological polar surface area (TPSA) is 88.6 Å². The van der Waals surface area contributed by atoms with E-state index in [-0.39, 0.29) is 30.1 Å². The Labute approximate surface area is 155 Å². The molecule has 0 spiro atoms.